The Balaban J connectivity index is 1.63. The molecule has 1 aliphatic rings. The molecule has 1 heterocycles. The fraction of sp³-hybridized carbons (Fsp3) is 0.417. The number of imide groups is 1. The first-order valence-corrected chi connectivity index (χ1v) is 10.5. The number of anilines is 1. The molecule has 3 rings (SSSR count). The topological polar surface area (TPSA) is 68.3 Å². The van der Waals surface area contributed by atoms with E-state index in [-0.39, 0.29) is 18.2 Å². The van der Waals surface area contributed by atoms with E-state index in [1.807, 2.05) is 37.1 Å². The van der Waals surface area contributed by atoms with Gasteiger partial charge in [-0.1, -0.05) is 13.0 Å². The Labute approximate surface area is 183 Å². The van der Waals surface area contributed by atoms with E-state index in [1.54, 1.807) is 38.5 Å². The number of nitrogens with zero attached hydrogens (tertiary/aromatic N) is 2. The molecule has 1 saturated heterocycles. The van der Waals surface area contributed by atoms with E-state index < -0.39 is 6.04 Å². The van der Waals surface area contributed by atoms with Gasteiger partial charge < -0.3 is 14.2 Å². The molecular formula is C24H30N2O5. The van der Waals surface area contributed by atoms with Crippen molar-refractivity contribution < 1.29 is 23.8 Å². The van der Waals surface area contributed by atoms with Crippen molar-refractivity contribution in [2.24, 2.45) is 0 Å². The van der Waals surface area contributed by atoms with Crippen molar-refractivity contribution in [2.75, 3.05) is 39.3 Å². The van der Waals surface area contributed by atoms with Crippen LogP contribution in [0.15, 0.2) is 42.5 Å². The second-order valence-electron chi connectivity index (χ2n) is 7.55. The van der Waals surface area contributed by atoms with Crippen LogP contribution in [0, 0.1) is 0 Å². The second kappa shape index (κ2) is 10.3. The molecule has 0 unspecified atom stereocenters. The van der Waals surface area contributed by atoms with E-state index in [2.05, 4.69) is 0 Å². The Morgan fingerprint density at radius 3 is 2.39 bits per heavy atom. The summed E-state index contributed by atoms with van der Waals surface area (Å²) in [6, 6.07) is 12.4. The number of likely N-dealkylation sites (N-methyl/N-ethyl adjacent to an activating group) is 1. The zero-order chi connectivity index (χ0) is 22.4. The summed E-state index contributed by atoms with van der Waals surface area (Å²) in [5.41, 5.74) is 1.65. The molecule has 7 heteroatoms. The fourth-order valence-electron chi connectivity index (χ4n) is 3.64. The van der Waals surface area contributed by atoms with Crippen molar-refractivity contribution in [3.8, 4) is 17.2 Å². The highest BCUT2D eigenvalue weighted by Crippen LogP contribution is 2.29. The van der Waals surface area contributed by atoms with Crippen LogP contribution in [0.2, 0.25) is 0 Å². The van der Waals surface area contributed by atoms with Crippen LogP contribution in [-0.4, -0.2) is 57.2 Å². The van der Waals surface area contributed by atoms with Crippen LogP contribution in [0.4, 0.5) is 5.69 Å². The van der Waals surface area contributed by atoms with E-state index in [9.17, 15) is 9.59 Å². The third-order valence-electron chi connectivity index (χ3n) is 5.42. The summed E-state index contributed by atoms with van der Waals surface area (Å²) in [6.45, 7) is 3.31. The number of hydrogen-bond acceptors (Lipinski definition) is 6. The molecule has 0 radical (unpaired) electrons. The molecule has 7 nitrogen and oxygen atoms in total. The maximum atomic E-state index is 13.0. The van der Waals surface area contributed by atoms with Gasteiger partial charge in [-0.05, 0) is 61.9 Å². The molecule has 2 amide bonds. The number of carbonyl (C=O) groups excluding carboxylic acids is 2. The van der Waals surface area contributed by atoms with Crippen LogP contribution in [0.5, 0.6) is 17.2 Å². The lowest BCUT2D eigenvalue weighted by molar-refractivity contribution is -0.122. The Hall–Kier alpha value is -3.06. The Kier molecular flexibility index (Phi) is 7.52. The Morgan fingerprint density at radius 2 is 1.74 bits per heavy atom. The molecule has 0 saturated carbocycles. The number of rotatable bonds is 10. The van der Waals surface area contributed by atoms with E-state index >= 15 is 0 Å². The highest BCUT2D eigenvalue weighted by molar-refractivity contribution is 6.22. The molecule has 1 atom stereocenters. The fourth-order valence-corrected chi connectivity index (χ4v) is 3.64. The Morgan fingerprint density at radius 1 is 1.03 bits per heavy atom. The maximum absolute atomic E-state index is 13.0. The van der Waals surface area contributed by atoms with Crippen LogP contribution >= 0.6 is 0 Å². The summed E-state index contributed by atoms with van der Waals surface area (Å²) >= 11 is 0. The Bertz CT molecular complexity index is 913. The monoisotopic (exact) mass is 426 g/mol. The average Bonchev–Trinajstić information content (AvgIpc) is 3.10. The third kappa shape index (κ3) is 5.17. The van der Waals surface area contributed by atoms with Gasteiger partial charge in [-0.2, -0.15) is 0 Å². The number of amides is 2. The van der Waals surface area contributed by atoms with E-state index in [0.717, 1.165) is 24.2 Å². The highest BCUT2D eigenvalue weighted by Gasteiger charge is 2.41. The smallest absolute Gasteiger partial charge is 0.251 e. The van der Waals surface area contributed by atoms with Crippen molar-refractivity contribution in [1.82, 2.24) is 4.90 Å². The van der Waals surface area contributed by atoms with Crippen LogP contribution < -0.4 is 19.1 Å². The summed E-state index contributed by atoms with van der Waals surface area (Å²) in [5.74, 6) is 1.70. The number of methoxy groups -OCH3 is 2. The first-order chi connectivity index (χ1) is 15.0. The van der Waals surface area contributed by atoms with E-state index in [1.165, 1.54) is 4.90 Å². The van der Waals surface area contributed by atoms with Crippen LogP contribution in [0.1, 0.15) is 25.3 Å². The first kappa shape index (κ1) is 22.6. The molecule has 31 heavy (non-hydrogen) atoms. The molecule has 1 fully saturated rings. The molecule has 0 spiro atoms. The predicted octanol–water partition coefficient (Wildman–Crippen LogP) is 3.30. The molecule has 0 aliphatic carbocycles. The van der Waals surface area contributed by atoms with Gasteiger partial charge in [0.15, 0.2) is 11.5 Å². The molecule has 166 valence electrons. The minimum absolute atomic E-state index is 0.176. The minimum atomic E-state index is -0.469. The molecule has 1 aliphatic heterocycles. The van der Waals surface area contributed by atoms with Crippen molar-refractivity contribution in [2.45, 2.75) is 32.2 Å². The third-order valence-corrected chi connectivity index (χ3v) is 5.42. The van der Waals surface area contributed by atoms with Crippen LogP contribution in [0.3, 0.4) is 0 Å². The lowest BCUT2D eigenvalue weighted by Crippen LogP contribution is -2.40. The summed E-state index contributed by atoms with van der Waals surface area (Å²) in [6.07, 6.45) is 1.82. The zero-order valence-electron chi connectivity index (χ0n) is 18.6. The SMILES string of the molecule is CCCOc1ccc(N2C(=O)C[C@H](N(C)CCc3ccc(OC)c(OC)c3)C2=O)cc1. The lowest BCUT2D eigenvalue weighted by Gasteiger charge is -2.23. The normalized spacial score (nSPS) is 16.2. The molecule has 2 aromatic carbocycles. The van der Waals surface area contributed by atoms with Crippen molar-refractivity contribution in [3.05, 3.63) is 48.0 Å². The van der Waals surface area contributed by atoms with Gasteiger partial charge in [-0.25, -0.2) is 4.90 Å². The molecule has 0 N–H and O–H groups in total. The number of benzene rings is 2. The zero-order valence-corrected chi connectivity index (χ0v) is 18.6. The summed E-state index contributed by atoms with van der Waals surface area (Å²) in [7, 11) is 5.08. The van der Waals surface area contributed by atoms with Crippen molar-refractivity contribution in [3.63, 3.8) is 0 Å². The molecular weight excluding hydrogens is 396 g/mol. The van der Waals surface area contributed by atoms with E-state index in [0.29, 0.717) is 30.3 Å². The molecule has 0 bridgehead atoms. The van der Waals surface area contributed by atoms with Crippen molar-refractivity contribution >= 4 is 17.5 Å². The summed E-state index contributed by atoms with van der Waals surface area (Å²) in [4.78, 5) is 28.8. The largest absolute Gasteiger partial charge is 0.494 e. The standard InChI is InChI=1S/C24H30N2O5/c1-5-14-31-19-9-7-18(8-10-19)26-23(27)16-20(24(26)28)25(2)13-12-17-6-11-21(29-3)22(15-17)30-4/h6-11,15,20H,5,12-14,16H2,1-4H3/t20-/m0/s1. The highest BCUT2D eigenvalue weighted by atomic mass is 16.5. The summed E-state index contributed by atoms with van der Waals surface area (Å²) < 4.78 is 16.2. The van der Waals surface area contributed by atoms with Gasteiger partial charge >= 0.3 is 0 Å². The van der Waals surface area contributed by atoms with Gasteiger partial charge in [-0.3, -0.25) is 14.5 Å². The van der Waals surface area contributed by atoms with E-state index in [4.69, 9.17) is 14.2 Å². The van der Waals surface area contributed by atoms with Crippen molar-refractivity contribution in [1.29, 1.82) is 0 Å². The second-order valence-corrected chi connectivity index (χ2v) is 7.55. The van der Waals surface area contributed by atoms with Gasteiger partial charge in [0.25, 0.3) is 5.91 Å². The molecule has 0 aromatic heterocycles. The average molecular weight is 427 g/mol. The van der Waals surface area contributed by atoms with Gasteiger partial charge in [0.2, 0.25) is 5.91 Å². The summed E-state index contributed by atoms with van der Waals surface area (Å²) in [5, 5.41) is 0. The molecule has 2 aromatic rings. The quantitative estimate of drug-likeness (QED) is 0.543. The maximum Gasteiger partial charge on any atom is 0.251 e. The van der Waals surface area contributed by atoms with Gasteiger partial charge in [0, 0.05) is 6.54 Å². The predicted molar refractivity (Wildman–Crippen MR) is 119 cm³/mol. The number of carbonyl (C=O) groups is 2. The van der Waals surface area contributed by atoms with Gasteiger partial charge in [0.05, 0.1) is 39.0 Å². The lowest BCUT2D eigenvalue weighted by atomic mass is 10.1. The van der Waals surface area contributed by atoms with Gasteiger partial charge in [-0.15, -0.1) is 0 Å². The first-order valence-electron chi connectivity index (χ1n) is 10.5. The number of hydrogen-bond donors (Lipinski definition) is 0. The van der Waals surface area contributed by atoms with Crippen LogP contribution in [0.25, 0.3) is 0 Å². The minimum Gasteiger partial charge on any atom is -0.494 e. The van der Waals surface area contributed by atoms with Crippen LogP contribution in [-0.2, 0) is 16.0 Å². The number of ether oxygens (including phenoxy) is 3. The van der Waals surface area contributed by atoms with Gasteiger partial charge in [0.1, 0.15) is 5.75 Å².